The molecule has 2 aromatic rings. The summed E-state index contributed by atoms with van der Waals surface area (Å²) in [6.07, 6.45) is 4.99. The molecule has 94 valence electrons. The van der Waals surface area contributed by atoms with Crippen molar-refractivity contribution in [3.8, 4) is 0 Å². The van der Waals surface area contributed by atoms with E-state index in [2.05, 4.69) is 15.4 Å². The van der Waals surface area contributed by atoms with Crippen LogP contribution in [0.1, 0.15) is 17.3 Å². The summed E-state index contributed by atoms with van der Waals surface area (Å²) < 4.78 is 1.72. The van der Waals surface area contributed by atoms with Crippen molar-refractivity contribution in [1.82, 2.24) is 20.1 Å². The van der Waals surface area contributed by atoms with Crippen LogP contribution in [0, 0.1) is 0 Å². The fourth-order valence-corrected chi connectivity index (χ4v) is 1.64. The Morgan fingerprint density at radius 2 is 2.39 bits per heavy atom. The van der Waals surface area contributed by atoms with E-state index < -0.39 is 0 Å². The van der Waals surface area contributed by atoms with Crippen LogP contribution in [0.3, 0.4) is 0 Å². The Morgan fingerprint density at radius 3 is 3.06 bits per heavy atom. The first kappa shape index (κ1) is 12.1. The second kappa shape index (κ2) is 5.31. The third-order valence-electron chi connectivity index (χ3n) is 2.46. The van der Waals surface area contributed by atoms with E-state index >= 15 is 0 Å². The van der Waals surface area contributed by atoms with E-state index in [9.17, 15) is 9.59 Å². The number of H-pyrrole nitrogens is 1. The van der Waals surface area contributed by atoms with Crippen molar-refractivity contribution in [3.05, 3.63) is 52.7 Å². The number of amides is 1. The van der Waals surface area contributed by atoms with E-state index in [0.717, 1.165) is 0 Å². The highest BCUT2D eigenvalue weighted by Crippen LogP contribution is 1.94. The number of hydrogen-bond acceptors (Lipinski definition) is 3. The zero-order chi connectivity index (χ0) is 13.0. The monoisotopic (exact) mass is 246 g/mol. The number of aromatic nitrogens is 3. The summed E-state index contributed by atoms with van der Waals surface area (Å²) >= 11 is 0. The minimum Gasteiger partial charge on any atom is -0.348 e. The van der Waals surface area contributed by atoms with Crippen molar-refractivity contribution in [2.24, 2.45) is 0 Å². The molecule has 18 heavy (non-hydrogen) atoms. The summed E-state index contributed by atoms with van der Waals surface area (Å²) in [5, 5.41) is 6.81. The molecule has 0 aliphatic heterocycles. The van der Waals surface area contributed by atoms with Gasteiger partial charge in [-0.2, -0.15) is 5.10 Å². The Kier molecular flexibility index (Phi) is 3.57. The lowest BCUT2D eigenvalue weighted by atomic mass is 10.2. The Bertz CT molecular complexity index is 574. The fraction of sp³-hybridized carbons (Fsp3) is 0.250. The second-order valence-electron chi connectivity index (χ2n) is 4.02. The Balaban J connectivity index is 1.99. The molecule has 0 saturated carbocycles. The first-order valence-corrected chi connectivity index (χ1v) is 5.63. The standard InChI is InChI=1S/C12H14N4O2/c1-9(8-16-7-3-6-14-16)15-12(18)10-4-2-5-13-11(10)17/h2-7,9H,8H2,1H3,(H,13,17)(H,15,18). The van der Waals surface area contributed by atoms with Crippen molar-refractivity contribution >= 4 is 5.91 Å². The van der Waals surface area contributed by atoms with Crippen LogP contribution in [0.15, 0.2) is 41.6 Å². The molecule has 0 fully saturated rings. The number of aromatic amines is 1. The van der Waals surface area contributed by atoms with Crippen LogP contribution >= 0.6 is 0 Å². The molecule has 2 aromatic heterocycles. The molecule has 1 atom stereocenters. The van der Waals surface area contributed by atoms with E-state index in [1.807, 2.05) is 19.2 Å². The molecule has 1 amide bonds. The lowest BCUT2D eigenvalue weighted by molar-refractivity contribution is 0.0934. The first-order valence-electron chi connectivity index (χ1n) is 5.63. The van der Waals surface area contributed by atoms with Crippen LogP contribution in [-0.2, 0) is 6.54 Å². The highest BCUT2D eigenvalue weighted by molar-refractivity contribution is 5.93. The van der Waals surface area contributed by atoms with Crippen LogP contribution < -0.4 is 10.9 Å². The van der Waals surface area contributed by atoms with Gasteiger partial charge in [-0.25, -0.2) is 0 Å². The maximum absolute atomic E-state index is 11.8. The van der Waals surface area contributed by atoms with Gasteiger partial charge in [0.05, 0.1) is 6.54 Å². The van der Waals surface area contributed by atoms with Gasteiger partial charge in [0, 0.05) is 24.6 Å². The number of nitrogens with zero attached hydrogens (tertiary/aromatic N) is 2. The number of carbonyl (C=O) groups is 1. The summed E-state index contributed by atoms with van der Waals surface area (Å²) in [7, 11) is 0. The smallest absolute Gasteiger partial charge is 0.260 e. The average molecular weight is 246 g/mol. The van der Waals surface area contributed by atoms with Crippen LogP contribution in [0.25, 0.3) is 0 Å². The maximum Gasteiger partial charge on any atom is 0.260 e. The molecule has 2 rings (SSSR count). The second-order valence-corrected chi connectivity index (χ2v) is 4.02. The van der Waals surface area contributed by atoms with E-state index in [0.29, 0.717) is 6.54 Å². The molecule has 1 unspecified atom stereocenters. The average Bonchev–Trinajstić information content (AvgIpc) is 2.82. The summed E-state index contributed by atoms with van der Waals surface area (Å²) in [5.41, 5.74) is -0.272. The lowest BCUT2D eigenvalue weighted by Crippen LogP contribution is -2.38. The van der Waals surface area contributed by atoms with Crippen LogP contribution in [0.2, 0.25) is 0 Å². The van der Waals surface area contributed by atoms with Gasteiger partial charge in [-0.1, -0.05) is 0 Å². The van der Waals surface area contributed by atoms with Crippen LogP contribution in [0.5, 0.6) is 0 Å². The molecule has 0 saturated heterocycles. The zero-order valence-corrected chi connectivity index (χ0v) is 9.96. The zero-order valence-electron chi connectivity index (χ0n) is 9.96. The minimum atomic E-state index is -0.388. The Labute approximate surface area is 104 Å². The number of nitrogens with one attached hydrogen (secondary N) is 2. The number of rotatable bonds is 4. The molecule has 2 N–H and O–H groups in total. The molecule has 6 nitrogen and oxygen atoms in total. The van der Waals surface area contributed by atoms with Crippen molar-refractivity contribution in [2.45, 2.75) is 19.5 Å². The van der Waals surface area contributed by atoms with E-state index in [-0.39, 0.29) is 23.1 Å². The third kappa shape index (κ3) is 2.85. The summed E-state index contributed by atoms with van der Waals surface area (Å²) in [4.78, 5) is 25.7. The lowest BCUT2D eigenvalue weighted by Gasteiger charge is -2.13. The molecule has 0 radical (unpaired) electrons. The van der Waals surface area contributed by atoms with E-state index in [1.165, 1.54) is 12.3 Å². The maximum atomic E-state index is 11.8. The number of hydrogen-bond donors (Lipinski definition) is 2. The van der Waals surface area contributed by atoms with Gasteiger partial charge < -0.3 is 10.3 Å². The largest absolute Gasteiger partial charge is 0.348 e. The third-order valence-corrected chi connectivity index (χ3v) is 2.46. The van der Waals surface area contributed by atoms with E-state index in [4.69, 9.17) is 0 Å². The molecule has 2 heterocycles. The predicted molar refractivity (Wildman–Crippen MR) is 66.2 cm³/mol. The quantitative estimate of drug-likeness (QED) is 0.819. The Morgan fingerprint density at radius 1 is 1.56 bits per heavy atom. The molecule has 0 aromatic carbocycles. The highest BCUT2D eigenvalue weighted by atomic mass is 16.2. The molecule has 0 aliphatic rings. The van der Waals surface area contributed by atoms with Crippen LogP contribution in [-0.4, -0.2) is 26.7 Å². The SMILES string of the molecule is CC(Cn1cccn1)NC(=O)c1ccc[nH]c1=O. The molecular weight excluding hydrogens is 232 g/mol. The van der Waals surface area contributed by atoms with Gasteiger partial charge in [0.2, 0.25) is 0 Å². The molecule has 0 spiro atoms. The van der Waals surface area contributed by atoms with Gasteiger partial charge >= 0.3 is 0 Å². The molecule has 0 bridgehead atoms. The van der Waals surface area contributed by atoms with Crippen molar-refractivity contribution < 1.29 is 4.79 Å². The van der Waals surface area contributed by atoms with Gasteiger partial charge in [0.15, 0.2) is 0 Å². The molecular formula is C12H14N4O2. The minimum absolute atomic E-state index is 0.114. The van der Waals surface area contributed by atoms with Gasteiger partial charge in [-0.05, 0) is 25.1 Å². The number of pyridine rings is 1. The van der Waals surface area contributed by atoms with E-state index in [1.54, 1.807) is 16.9 Å². The van der Waals surface area contributed by atoms with Crippen molar-refractivity contribution in [2.75, 3.05) is 0 Å². The summed E-state index contributed by atoms with van der Waals surface area (Å²) in [5.74, 6) is -0.378. The van der Waals surface area contributed by atoms with Gasteiger partial charge in [0.1, 0.15) is 5.56 Å². The fourth-order valence-electron chi connectivity index (χ4n) is 1.64. The topological polar surface area (TPSA) is 79.8 Å². The van der Waals surface area contributed by atoms with Crippen LogP contribution in [0.4, 0.5) is 0 Å². The van der Waals surface area contributed by atoms with Crippen molar-refractivity contribution in [1.29, 1.82) is 0 Å². The van der Waals surface area contributed by atoms with Gasteiger partial charge in [-0.3, -0.25) is 14.3 Å². The Hall–Kier alpha value is -2.37. The van der Waals surface area contributed by atoms with Gasteiger partial charge in [0.25, 0.3) is 11.5 Å². The molecule has 0 aliphatic carbocycles. The molecule has 6 heteroatoms. The predicted octanol–water partition coefficient (Wildman–Crippen LogP) is 0.390. The number of carbonyl (C=O) groups excluding carboxylic acids is 1. The van der Waals surface area contributed by atoms with Crippen molar-refractivity contribution in [3.63, 3.8) is 0 Å². The highest BCUT2D eigenvalue weighted by Gasteiger charge is 2.12. The first-order chi connectivity index (χ1) is 8.66. The summed E-state index contributed by atoms with van der Waals surface area (Å²) in [6.45, 7) is 2.42. The van der Waals surface area contributed by atoms with Gasteiger partial charge in [-0.15, -0.1) is 0 Å². The normalized spacial score (nSPS) is 12.1. The summed E-state index contributed by atoms with van der Waals surface area (Å²) in [6, 6.07) is 4.82.